The number of amides is 2. The van der Waals surface area contributed by atoms with Crippen LogP contribution in [0, 0.1) is 19.8 Å². The fraction of sp³-hybridized carbons (Fsp3) is 0.579. The van der Waals surface area contributed by atoms with E-state index >= 15 is 0 Å². The van der Waals surface area contributed by atoms with Gasteiger partial charge in [-0.1, -0.05) is 12.8 Å². The lowest BCUT2D eigenvalue weighted by Gasteiger charge is -2.15. The van der Waals surface area contributed by atoms with Gasteiger partial charge in [-0.2, -0.15) is 0 Å². The van der Waals surface area contributed by atoms with Crippen LogP contribution in [0.5, 0.6) is 0 Å². The molecule has 0 aliphatic heterocycles. The van der Waals surface area contributed by atoms with E-state index < -0.39 is 6.10 Å². The van der Waals surface area contributed by atoms with Crippen LogP contribution in [0.1, 0.15) is 36.8 Å². The zero-order valence-electron chi connectivity index (χ0n) is 15.1. The van der Waals surface area contributed by atoms with Gasteiger partial charge in [0.15, 0.2) is 0 Å². The highest BCUT2D eigenvalue weighted by Crippen LogP contribution is 2.23. The molecule has 1 saturated carbocycles. The number of nitrogens with zero attached hydrogens (tertiary/aromatic N) is 2. The maximum Gasteiger partial charge on any atom is 0.314 e. The average molecular weight is 344 g/mol. The van der Waals surface area contributed by atoms with E-state index in [-0.39, 0.29) is 12.6 Å². The van der Waals surface area contributed by atoms with E-state index in [1.165, 1.54) is 36.8 Å². The van der Waals surface area contributed by atoms with Crippen LogP contribution in [0.15, 0.2) is 18.5 Å². The quantitative estimate of drug-likeness (QED) is 0.753. The number of aliphatic hydroxyl groups excluding tert-OH is 1. The van der Waals surface area contributed by atoms with Crippen molar-refractivity contribution in [1.29, 1.82) is 0 Å². The first-order valence-corrected chi connectivity index (χ1v) is 9.15. The Morgan fingerprint density at radius 3 is 2.76 bits per heavy atom. The minimum atomic E-state index is -0.656. The van der Waals surface area contributed by atoms with Crippen LogP contribution in [-0.2, 0) is 6.54 Å². The van der Waals surface area contributed by atoms with Crippen LogP contribution in [0.4, 0.5) is 4.79 Å². The molecule has 6 nitrogen and oxygen atoms in total. The Hall–Kier alpha value is -2.08. The van der Waals surface area contributed by atoms with Crippen molar-refractivity contribution < 1.29 is 9.90 Å². The number of nitrogens with one attached hydrogen (secondary N) is 2. The Labute approximate surface area is 148 Å². The van der Waals surface area contributed by atoms with Crippen LogP contribution in [0.25, 0.3) is 11.0 Å². The second-order valence-electron chi connectivity index (χ2n) is 7.22. The van der Waals surface area contributed by atoms with E-state index in [0.29, 0.717) is 12.5 Å². The van der Waals surface area contributed by atoms with Gasteiger partial charge >= 0.3 is 6.03 Å². The van der Waals surface area contributed by atoms with Gasteiger partial charge in [-0.3, -0.25) is 0 Å². The number of hydrogen-bond donors (Lipinski definition) is 3. The molecule has 1 atom stereocenters. The molecule has 0 unspecified atom stereocenters. The predicted molar refractivity (Wildman–Crippen MR) is 98.6 cm³/mol. The molecule has 0 bridgehead atoms. The first kappa shape index (κ1) is 17.7. The van der Waals surface area contributed by atoms with Gasteiger partial charge in [0.2, 0.25) is 0 Å². The van der Waals surface area contributed by atoms with Crippen molar-refractivity contribution in [2.24, 2.45) is 5.92 Å². The maximum absolute atomic E-state index is 11.8. The van der Waals surface area contributed by atoms with Gasteiger partial charge in [0.1, 0.15) is 0 Å². The Bertz CT molecular complexity index is 734. The number of benzene rings is 1. The monoisotopic (exact) mass is 344 g/mol. The second kappa shape index (κ2) is 7.87. The van der Waals surface area contributed by atoms with E-state index in [2.05, 4.69) is 41.6 Å². The SMILES string of the molecule is Cc1cc2ncn(C[C@@H](O)CNC(=O)NCC3CCCC3)c2cc1C. The summed E-state index contributed by atoms with van der Waals surface area (Å²) in [6.45, 7) is 5.49. The summed E-state index contributed by atoms with van der Waals surface area (Å²) in [4.78, 5) is 16.2. The van der Waals surface area contributed by atoms with Crippen molar-refractivity contribution in [2.45, 2.75) is 52.2 Å². The first-order chi connectivity index (χ1) is 12.0. The van der Waals surface area contributed by atoms with Gasteiger partial charge < -0.3 is 20.3 Å². The average Bonchev–Trinajstić information content (AvgIpc) is 3.23. The van der Waals surface area contributed by atoms with Gasteiger partial charge in [-0.05, 0) is 55.9 Å². The number of rotatable bonds is 6. The normalized spacial score (nSPS) is 16.3. The van der Waals surface area contributed by atoms with E-state index in [0.717, 1.165) is 17.6 Å². The Balaban J connectivity index is 1.48. The van der Waals surface area contributed by atoms with Crippen LogP contribution < -0.4 is 10.6 Å². The topological polar surface area (TPSA) is 79.2 Å². The first-order valence-electron chi connectivity index (χ1n) is 9.15. The summed E-state index contributed by atoms with van der Waals surface area (Å²) < 4.78 is 1.94. The molecular formula is C19H28N4O2. The largest absolute Gasteiger partial charge is 0.389 e. The summed E-state index contributed by atoms with van der Waals surface area (Å²) in [5, 5.41) is 15.9. The smallest absolute Gasteiger partial charge is 0.314 e. The third kappa shape index (κ3) is 4.51. The number of imidazole rings is 1. The van der Waals surface area contributed by atoms with Crippen LogP contribution >= 0.6 is 0 Å². The lowest BCUT2D eigenvalue weighted by atomic mass is 10.1. The summed E-state index contributed by atoms with van der Waals surface area (Å²) in [6, 6.07) is 3.95. The molecule has 6 heteroatoms. The van der Waals surface area contributed by atoms with Gasteiger partial charge in [0, 0.05) is 13.1 Å². The Morgan fingerprint density at radius 1 is 1.28 bits per heavy atom. The highest BCUT2D eigenvalue weighted by Gasteiger charge is 2.16. The van der Waals surface area contributed by atoms with Crippen molar-refractivity contribution in [3.63, 3.8) is 0 Å². The predicted octanol–water partition coefficient (Wildman–Crippen LogP) is 2.50. The molecule has 1 aromatic heterocycles. The molecule has 0 spiro atoms. The van der Waals surface area contributed by atoms with Crippen LogP contribution in [-0.4, -0.2) is 39.9 Å². The summed E-state index contributed by atoms with van der Waals surface area (Å²) in [7, 11) is 0. The third-order valence-corrected chi connectivity index (χ3v) is 5.17. The fourth-order valence-electron chi connectivity index (χ4n) is 3.47. The molecule has 2 amide bonds. The molecule has 25 heavy (non-hydrogen) atoms. The van der Waals surface area contributed by atoms with E-state index in [4.69, 9.17) is 0 Å². The van der Waals surface area contributed by atoms with Crippen molar-refractivity contribution in [2.75, 3.05) is 13.1 Å². The number of aromatic nitrogens is 2. The molecule has 3 rings (SSSR count). The molecule has 0 radical (unpaired) electrons. The maximum atomic E-state index is 11.8. The highest BCUT2D eigenvalue weighted by atomic mass is 16.3. The van der Waals surface area contributed by atoms with Crippen molar-refractivity contribution >= 4 is 17.1 Å². The van der Waals surface area contributed by atoms with Crippen molar-refractivity contribution in [3.8, 4) is 0 Å². The number of carbonyl (C=O) groups is 1. The molecule has 1 fully saturated rings. The Morgan fingerprint density at radius 2 is 2.00 bits per heavy atom. The zero-order valence-corrected chi connectivity index (χ0v) is 15.1. The number of fused-ring (bicyclic) bond motifs is 1. The van der Waals surface area contributed by atoms with E-state index in [1.54, 1.807) is 6.33 Å². The highest BCUT2D eigenvalue weighted by molar-refractivity contribution is 5.77. The molecule has 3 N–H and O–H groups in total. The van der Waals surface area contributed by atoms with E-state index in [9.17, 15) is 9.90 Å². The lowest BCUT2D eigenvalue weighted by molar-refractivity contribution is 0.152. The Kier molecular flexibility index (Phi) is 5.58. The summed E-state index contributed by atoms with van der Waals surface area (Å²) in [6.07, 6.45) is 6.03. The molecule has 1 aliphatic carbocycles. The minimum absolute atomic E-state index is 0.201. The molecule has 2 aromatic rings. The molecule has 1 aromatic carbocycles. The lowest BCUT2D eigenvalue weighted by Crippen LogP contribution is -2.42. The minimum Gasteiger partial charge on any atom is -0.389 e. The molecular weight excluding hydrogens is 316 g/mol. The van der Waals surface area contributed by atoms with Gasteiger partial charge in [-0.15, -0.1) is 0 Å². The number of urea groups is 1. The van der Waals surface area contributed by atoms with Gasteiger partial charge in [-0.25, -0.2) is 9.78 Å². The summed E-state index contributed by atoms with van der Waals surface area (Å²) in [5.41, 5.74) is 4.34. The number of hydrogen-bond acceptors (Lipinski definition) is 3. The van der Waals surface area contributed by atoms with Crippen molar-refractivity contribution in [3.05, 3.63) is 29.6 Å². The molecule has 1 aliphatic rings. The van der Waals surface area contributed by atoms with Crippen molar-refractivity contribution in [1.82, 2.24) is 20.2 Å². The van der Waals surface area contributed by atoms with E-state index in [1.807, 2.05) is 4.57 Å². The van der Waals surface area contributed by atoms with Crippen LogP contribution in [0.2, 0.25) is 0 Å². The third-order valence-electron chi connectivity index (χ3n) is 5.17. The van der Waals surface area contributed by atoms with Crippen LogP contribution in [0.3, 0.4) is 0 Å². The van der Waals surface area contributed by atoms with Gasteiger partial charge in [0.25, 0.3) is 0 Å². The number of carbonyl (C=O) groups excluding carboxylic acids is 1. The molecule has 0 saturated heterocycles. The fourth-order valence-corrected chi connectivity index (χ4v) is 3.47. The second-order valence-corrected chi connectivity index (χ2v) is 7.22. The van der Waals surface area contributed by atoms with Gasteiger partial charge in [0.05, 0.1) is 30.0 Å². The zero-order chi connectivity index (χ0) is 17.8. The molecule has 136 valence electrons. The summed E-state index contributed by atoms with van der Waals surface area (Å²) in [5.74, 6) is 0.611. The summed E-state index contributed by atoms with van der Waals surface area (Å²) >= 11 is 0. The number of aryl methyl sites for hydroxylation is 2. The number of aliphatic hydroxyl groups is 1. The standard InChI is InChI=1S/C19H28N4O2/c1-13-7-17-18(8-14(13)2)23(12-22-17)11-16(24)10-21-19(25)20-9-15-5-3-4-6-15/h7-8,12,15-16,24H,3-6,9-11H2,1-2H3,(H2,20,21,25)/t16-/m0/s1. The molecule has 1 heterocycles.